The second-order valence-corrected chi connectivity index (χ2v) is 2.17. The van der Waals surface area contributed by atoms with E-state index in [-0.39, 0.29) is 0 Å². The standard InChI is InChI=1S/C8H17N.C2H6/c1-3-4-5-6-7-8-9-2;1-2/h3-4,9H,5-8H2,1-2H3;1-2H3/b4-3-;. The zero-order valence-electron chi connectivity index (χ0n) is 8.48. The molecule has 0 aromatic carbocycles. The predicted octanol–water partition coefficient (Wildman–Crippen LogP) is 2.98. The van der Waals surface area contributed by atoms with Crippen LogP contribution in [0.3, 0.4) is 0 Å². The number of nitrogens with one attached hydrogen (secondary N) is 1. The third kappa shape index (κ3) is 17.7. The Morgan fingerprint density at radius 2 is 1.82 bits per heavy atom. The number of hydrogen-bond acceptors (Lipinski definition) is 1. The molecule has 1 nitrogen and oxygen atoms in total. The van der Waals surface area contributed by atoms with Crippen LogP contribution in [0.15, 0.2) is 12.2 Å². The molecule has 0 bridgehead atoms. The van der Waals surface area contributed by atoms with Crippen LogP contribution < -0.4 is 5.32 Å². The normalized spacial score (nSPS) is 9.45. The van der Waals surface area contributed by atoms with Gasteiger partial charge in [-0.3, -0.25) is 0 Å². The van der Waals surface area contributed by atoms with Gasteiger partial charge in [0, 0.05) is 0 Å². The van der Waals surface area contributed by atoms with Gasteiger partial charge in [0.2, 0.25) is 0 Å². The minimum Gasteiger partial charge on any atom is -0.320 e. The van der Waals surface area contributed by atoms with Crippen molar-refractivity contribution in [3.8, 4) is 0 Å². The van der Waals surface area contributed by atoms with E-state index in [1.807, 2.05) is 20.9 Å². The summed E-state index contributed by atoms with van der Waals surface area (Å²) in [7, 11) is 2.00. The van der Waals surface area contributed by atoms with Gasteiger partial charge in [-0.1, -0.05) is 26.0 Å². The van der Waals surface area contributed by atoms with Crippen LogP contribution in [-0.4, -0.2) is 13.6 Å². The molecule has 0 aromatic rings. The highest BCUT2D eigenvalue weighted by molar-refractivity contribution is 4.76. The van der Waals surface area contributed by atoms with Crippen molar-refractivity contribution < 1.29 is 0 Å². The molecule has 1 N–H and O–H groups in total. The lowest BCUT2D eigenvalue weighted by Crippen LogP contribution is -2.06. The van der Waals surface area contributed by atoms with E-state index < -0.39 is 0 Å². The predicted molar refractivity (Wildman–Crippen MR) is 53.9 cm³/mol. The number of allylic oxidation sites excluding steroid dienone is 2. The summed E-state index contributed by atoms with van der Waals surface area (Å²) in [6.45, 7) is 7.22. The maximum absolute atomic E-state index is 3.12. The highest BCUT2D eigenvalue weighted by atomic mass is 14.8. The molecular formula is C10H23N. The highest BCUT2D eigenvalue weighted by Gasteiger charge is 1.81. The summed E-state index contributed by atoms with van der Waals surface area (Å²) in [5.41, 5.74) is 0. The molecule has 0 fully saturated rings. The quantitative estimate of drug-likeness (QED) is 0.478. The average molecular weight is 157 g/mol. The summed E-state index contributed by atoms with van der Waals surface area (Å²) < 4.78 is 0. The molecule has 0 aliphatic rings. The molecule has 68 valence electrons. The van der Waals surface area contributed by atoms with Gasteiger partial charge in [0.1, 0.15) is 0 Å². The van der Waals surface area contributed by atoms with E-state index in [1.54, 1.807) is 0 Å². The minimum atomic E-state index is 1.15. The molecule has 1 heteroatoms. The van der Waals surface area contributed by atoms with E-state index >= 15 is 0 Å². The first-order valence-electron chi connectivity index (χ1n) is 4.67. The molecule has 0 radical (unpaired) electrons. The van der Waals surface area contributed by atoms with E-state index in [9.17, 15) is 0 Å². The van der Waals surface area contributed by atoms with Crippen LogP contribution >= 0.6 is 0 Å². The first kappa shape index (κ1) is 13.3. The third-order valence-corrected chi connectivity index (χ3v) is 1.28. The van der Waals surface area contributed by atoms with E-state index in [2.05, 4.69) is 24.4 Å². The molecule has 0 rings (SSSR count). The zero-order chi connectivity index (χ0) is 8.95. The molecular weight excluding hydrogens is 134 g/mol. The van der Waals surface area contributed by atoms with Gasteiger partial charge in [-0.15, -0.1) is 0 Å². The Balaban J connectivity index is 0. The lowest BCUT2D eigenvalue weighted by atomic mass is 10.2. The SMILES string of the molecule is C/C=C\CCCCNC.CC. The van der Waals surface area contributed by atoms with Crippen LogP contribution in [-0.2, 0) is 0 Å². The van der Waals surface area contributed by atoms with Crippen LogP contribution in [0.1, 0.15) is 40.0 Å². The maximum atomic E-state index is 3.12. The number of rotatable bonds is 5. The Bertz CT molecular complexity index is 67.3. The van der Waals surface area contributed by atoms with Gasteiger partial charge in [0.25, 0.3) is 0 Å². The van der Waals surface area contributed by atoms with Crippen LogP contribution in [0.25, 0.3) is 0 Å². The monoisotopic (exact) mass is 157 g/mol. The second-order valence-electron chi connectivity index (χ2n) is 2.17. The van der Waals surface area contributed by atoms with E-state index in [4.69, 9.17) is 0 Å². The summed E-state index contributed by atoms with van der Waals surface area (Å²) in [6, 6.07) is 0. The molecule has 0 aromatic heterocycles. The molecule has 0 amide bonds. The van der Waals surface area contributed by atoms with Crippen molar-refractivity contribution in [2.45, 2.75) is 40.0 Å². The Hall–Kier alpha value is -0.300. The van der Waals surface area contributed by atoms with Crippen molar-refractivity contribution in [3.05, 3.63) is 12.2 Å². The van der Waals surface area contributed by atoms with Gasteiger partial charge >= 0.3 is 0 Å². The highest BCUT2D eigenvalue weighted by Crippen LogP contribution is 1.94. The van der Waals surface area contributed by atoms with Gasteiger partial charge in [-0.2, -0.15) is 0 Å². The summed E-state index contributed by atoms with van der Waals surface area (Å²) in [6.07, 6.45) is 8.17. The molecule has 0 saturated heterocycles. The Morgan fingerprint density at radius 1 is 1.18 bits per heavy atom. The first-order chi connectivity index (χ1) is 5.41. The van der Waals surface area contributed by atoms with Gasteiger partial charge in [0.15, 0.2) is 0 Å². The molecule has 11 heavy (non-hydrogen) atoms. The summed E-state index contributed by atoms with van der Waals surface area (Å²) in [5, 5.41) is 3.12. The third-order valence-electron chi connectivity index (χ3n) is 1.28. The summed E-state index contributed by atoms with van der Waals surface area (Å²) in [5.74, 6) is 0. The molecule has 0 atom stereocenters. The summed E-state index contributed by atoms with van der Waals surface area (Å²) >= 11 is 0. The van der Waals surface area contributed by atoms with Crippen molar-refractivity contribution >= 4 is 0 Å². The van der Waals surface area contributed by atoms with Crippen LogP contribution in [0.5, 0.6) is 0 Å². The zero-order valence-corrected chi connectivity index (χ0v) is 8.48. The molecule has 0 aliphatic heterocycles. The van der Waals surface area contributed by atoms with E-state index in [0.717, 1.165) is 6.54 Å². The van der Waals surface area contributed by atoms with Crippen molar-refractivity contribution in [2.24, 2.45) is 0 Å². The van der Waals surface area contributed by atoms with Crippen LogP contribution in [0, 0.1) is 0 Å². The largest absolute Gasteiger partial charge is 0.320 e. The Morgan fingerprint density at radius 3 is 2.27 bits per heavy atom. The fraction of sp³-hybridized carbons (Fsp3) is 0.800. The first-order valence-corrected chi connectivity index (χ1v) is 4.67. The molecule has 0 aliphatic carbocycles. The molecule has 0 saturated carbocycles. The topological polar surface area (TPSA) is 12.0 Å². The van der Waals surface area contributed by atoms with Crippen molar-refractivity contribution in [1.29, 1.82) is 0 Å². The molecule has 0 unspecified atom stereocenters. The second kappa shape index (κ2) is 16.4. The fourth-order valence-electron chi connectivity index (χ4n) is 0.731. The van der Waals surface area contributed by atoms with Crippen molar-refractivity contribution in [1.82, 2.24) is 5.32 Å². The van der Waals surface area contributed by atoms with Crippen molar-refractivity contribution in [3.63, 3.8) is 0 Å². The smallest absolute Gasteiger partial charge is 0.00518 e. The molecule has 0 spiro atoms. The van der Waals surface area contributed by atoms with E-state index in [0.29, 0.717) is 0 Å². The van der Waals surface area contributed by atoms with Crippen LogP contribution in [0.4, 0.5) is 0 Å². The lowest BCUT2D eigenvalue weighted by molar-refractivity contribution is 0.684. The maximum Gasteiger partial charge on any atom is -0.00518 e. The number of hydrogen-bond donors (Lipinski definition) is 1. The van der Waals surface area contributed by atoms with Gasteiger partial charge in [0.05, 0.1) is 0 Å². The van der Waals surface area contributed by atoms with Gasteiger partial charge in [-0.25, -0.2) is 0 Å². The van der Waals surface area contributed by atoms with Gasteiger partial charge in [-0.05, 0) is 39.8 Å². The van der Waals surface area contributed by atoms with Crippen LogP contribution in [0.2, 0.25) is 0 Å². The average Bonchev–Trinajstić information content (AvgIpc) is 2.08. The van der Waals surface area contributed by atoms with Crippen molar-refractivity contribution in [2.75, 3.05) is 13.6 Å². The lowest BCUT2D eigenvalue weighted by Gasteiger charge is -1.94. The minimum absolute atomic E-state index is 1.15. The fourth-order valence-corrected chi connectivity index (χ4v) is 0.731. The van der Waals surface area contributed by atoms with Gasteiger partial charge < -0.3 is 5.32 Å². The number of unbranched alkanes of at least 4 members (excludes halogenated alkanes) is 2. The molecule has 0 heterocycles. The van der Waals surface area contributed by atoms with E-state index in [1.165, 1.54) is 19.3 Å². The summed E-state index contributed by atoms with van der Waals surface area (Å²) in [4.78, 5) is 0. The Kier molecular flexibility index (Phi) is 19.8. The Labute approximate surface area is 71.9 Å².